The van der Waals surface area contributed by atoms with Crippen molar-refractivity contribution < 1.29 is 4.79 Å². The molecule has 150 valence electrons. The molecular weight excluding hydrogens is 362 g/mol. The summed E-state index contributed by atoms with van der Waals surface area (Å²) in [7, 11) is 0. The van der Waals surface area contributed by atoms with E-state index < -0.39 is 0 Å². The van der Waals surface area contributed by atoms with Crippen LogP contribution >= 0.6 is 0 Å². The van der Waals surface area contributed by atoms with Crippen molar-refractivity contribution in [3.05, 3.63) is 65.9 Å². The lowest BCUT2D eigenvalue weighted by molar-refractivity contribution is 0.102. The number of rotatable bonds is 6. The summed E-state index contributed by atoms with van der Waals surface area (Å²) >= 11 is 0. The molecule has 1 fully saturated rings. The van der Waals surface area contributed by atoms with Crippen molar-refractivity contribution in [1.82, 2.24) is 20.3 Å². The van der Waals surface area contributed by atoms with Crippen LogP contribution in [0, 0.1) is 12.8 Å². The molecule has 0 spiro atoms. The van der Waals surface area contributed by atoms with Crippen LogP contribution in [0.15, 0.2) is 54.7 Å². The SMILES string of the molecule is Cc1ccc(-c2cn(CCC3CCCNC3)nn2)cc1C(=O)Nc1ccccc1. The fraction of sp³-hybridized carbons (Fsp3) is 0.348. The number of carbonyl (C=O) groups is 1. The molecule has 2 N–H and O–H groups in total. The Morgan fingerprint density at radius 1 is 1.24 bits per heavy atom. The second kappa shape index (κ2) is 9.01. The Morgan fingerprint density at radius 3 is 2.90 bits per heavy atom. The lowest BCUT2D eigenvalue weighted by Crippen LogP contribution is -2.30. The second-order valence-electron chi connectivity index (χ2n) is 7.72. The molecule has 1 aromatic heterocycles. The molecule has 3 aromatic rings. The number of aryl methyl sites for hydroxylation is 2. The molecule has 2 heterocycles. The fourth-order valence-electron chi connectivity index (χ4n) is 3.77. The molecule has 6 heteroatoms. The average Bonchev–Trinajstić information content (AvgIpc) is 3.23. The molecule has 0 aliphatic carbocycles. The van der Waals surface area contributed by atoms with Crippen molar-refractivity contribution in [2.24, 2.45) is 5.92 Å². The molecular formula is C23H27N5O. The highest BCUT2D eigenvalue weighted by molar-refractivity contribution is 6.05. The van der Waals surface area contributed by atoms with Gasteiger partial charge in [0.2, 0.25) is 0 Å². The van der Waals surface area contributed by atoms with Crippen LogP contribution in [-0.4, -0.2) is 34.0 Å². The molecule has 4 rings (SSSR count). The largest absolute Gasteiger partial charge is 0.322 e. The number of para-hydroxylation sites is 1. The number of anilines is 1. The number of aromatic nitrogens is 3. The Hall–Kier alpha value is -2.99. The van der Waals surface area contributed by atoms with Gasteiger partial charge >= 0.3 is 0 Å². The van der Waals surface area contributed by atoms with E-state index in [1.54, 1.807) is 0 Å². The van der Waals surface area contributed by atoms with Crippen molar-refractivity contribution >= 4 is 11.6 Å². The summed E-state index contributed by atoms with van der Waals surface area (Å²) in [6, 6.07) is 15.3. The minimum absolute atomic E-state index is 0.118. The maximum Gasteiger partial charge on any atom is 0.255 e. The maximum atomic E-state index is 12.7. The predicted molar refractivity (Wildman–Crippen MR) is 115 cm³/mol. The van der Waals surface area contributed by atoms with Gasteiger partial charge in [-0.3, -0.25) is 9.48 Å². The Morgan fingerprint density at radius 2 is 2.10 bits per heavy atom. The van der Waals surface area contributed by atoms with Gasteiger partial charge in [-0.15, -0.1) is 5.10 Å². The minimum Gasteiger partial charge on any atom is -0.322 e. The third kappa shape index (κ3) is 4.90. The van der Waals surface area contributed by atoms with Crippen molar-refractivity contribution in [3.8, 4) is 11.3 Å². The Bertz CT molecular complexity index is 960. The lowest BCUT2D eigenvalue weighted by Gasteiger charge is -2.22. The number of nitrogens with one attached hydrogen (secondary N) is 2. The first-order valence-electron chi connectivity index (χ1n) is 10.3. The van der Waals surface area contributed by atoms with Gasteiger partial charge in [0.25, 0.3) is 5.91 Å². The molecule has 1 aliphatic rings. The molecule has 1 aliphatic heterocycles. The van der Waals surface area contributed by atoms with E-state index in [0.717, 1.165) is 48.6 Å². The highest BCUT2D eigenvalue weighted by atomic mass is 16.1. The lowest BCUT2D eigenvalue weighted by atomic mass is 9.96. The van der Waals surface area contributed by atoms with Gasteiger partial charge in [0.1, 0.15) is 5.69 Å². The molecule has 1 saturated heterocycles. The zero-order valence-corrected chi connectivity index (χ0v) is 16.8. The summed E-state index contributed by atoms with van der Waals surface area (Å²) in [4.78, 5) is 12.7. The van der Waals surface area contributed by atoms with Gasteiger partial charge in [0, 0.05) is 23.4 Å². The van der Waals surface area contributed by atoms with E-state index in [1.165, 1.54) is 12.8 Å². The van der Waals surface area contributed by atoms with Crippen LogP contribution in [0.25, 0.3) is 11.3 Å². The molecule has 0 saturated carbocycles. The number of hydrogen-bond donors (Lipinski definition) is 2. The normalized spacial score (nSPS) is 16.5. The molecule has 29 heavy (non-hydrogen) atoms. The second-order valence-corrected chi connectivity index (χ2v) is 7.72. The summed E-state index contributed by atoms with van der Waals surface area (Å²) in [5.74, 6) is 0.594. The van der Waals surface area contributed by atoms with Crippen LogP contribution in [-0.2, 0) is 6.54 Å². The zero-order chi connectivity index (χ0) is 20.1. The van der Waals surface area contributed by atoms with Crippen LogP contribution in [0.5, 0.6) is 0 Å². The zero-order valence-electron chi connectivity index (χ0n) is 16.8. The topological polar surface area (TPSA) is 71.8 Å². The highest BCUT2D eigenvalue weighted by Crippen LogP contribution is 2.22. The first kappa shape index (κ1) is 19.3. The van der Waals surface area contributed by atoms with Gasteiger partial charge in [-0.25, -0.2) is 0 Å². The van der Waals surface area contributed by atoms with Crippen molar-refractivity contribution in [2.75, 3.05) is 18.4 Å². The standard InChI is InChI=1S/C23H27N5O/c1-17-9-10-19(14-21(17)23(29)25-20-7-3-2-4-8-20)22-16-28(27-26-22)13-11-18-6-5-12-24-15-18/h2-4,7-10,14,16,18,24H,5-6,11-13,15H2,1H3,(H,25,29). The molecule has 0 radical (unpaired) electrons. The predicted octanol–water partition coefficient (Wildman–Crippen LogP) is 3.90. The van der Waals surface area contributed by atoms with E-state index in [9.17, 15) is 4.79 Å². The van der Waals surface area contributed by atoms with Crippen LogP contribution in [0.3, 0.4) is 0 Å². The van der Waals surface area contributed by atoms with E-state index >= 15 is 0 Å². The minimum atomic E-state index is -0.118. The Labute approximate surface area is 171 Å². The van der Waals surface area contributed by atoms with E-state index in [0.29, 0.717) is 11.5 Å². The van der Waals surface area contributed by atoms with E-state index in [1.807, 2.05) is 66.3 Å². The number of piperidine rings is 1. The fourth-order valence-corrected chi connectivity index (χ4v) is 3.77. The molecule has 1 unspecified atom stereocenters. The monoisotopic (exact) mass is 389 g/mol. The molecule has 2 aromatic carbocycles. The number of hydrogen-bond acceptors (Lipinski definition) is 4. The van der Waals surface area contributed by atoms with E-state index in [2.05, 4.69) is 20.9 Å². The highest BCUT2D eigenvalue weighted by Gasteiger charge is 2.15. The van der Waals surface area contributed by atoms with Gasteiger partial charge in [0.05, 0.1) is 6.20 Å². The first-order chi connectivity index (χ1) is 14.2. The quantitative estimate of drug-likeness (QED) is 0.671. The van der Waals surface area contributed by atoms with Crippen molar-refractivity contribution in [3.63, 3.8) is 0 Å². The van der Waals surface area contributed by atoms with Crippen molar-refractivity contribution in [1.29, 1.82) is 0 Å². The summed E-state index contributed by atoms with van der Waals surface area (Å²) < 4.78 is 1.91. The first-order valence-corrected chi connectivity index (χ1v) is 10.3. The smallest absolute Gasteiger partial charge is 0.255 e. The summed E-state index contributed by atoms with van der Waals surface area (Å²) in [5.41, 5.74) is 4.05. The van der Waals surface area contributed by atoms with Gasteiger partial charge in [-0.1, -0.05) is 35.5 Å². The number of carbonyl (C=O) groups excluding carboxylic acids is 1. The van der Waals surface area contributed by atoms with E-state index in [-0.39, 0.29) is 5.91 Å². The van der Waals surface area contributed by atoms with Crippen LogP contribution in [0.2, 0.25) is 0 Å². The average molecular weight is 390 g/mol. The molecule has 6 nitrogen and oxygen atoms in total. The maximum absolute atomic E-state index is 12.7. The van der Waals surface area contributed by atoms with Crippen LogP contribution in [0.4, 0.5) is 5.69 Å². The van der Waals surface area contributed by atoms with Gasteiger partial charge in [-0.05, 0) is 69.0 Å². The van der Waals surface area contributed by atoms with Crippen LogP contribution in [0.1, 0.15) is 35.2 Å². The molecule has 1 atom stereocenters. The molecule has 0 bridgehead atoms. The summed E-state index contributed by atoms with van der Waals surface area (Å²) in [5, 5.41) is 15.0. The Balaban J connectivity index is 1.45. The van der Waals surface area contributed by atoms with Gasteiger partial charge in [0.15, 0.2) is 0 Å². The third-order valence-corrected chi connectivity index (χ3v) is 5.51. The number of amides is 1. The number of benzene rings is 2. The summed E-state index contributed by atoms with van der Waals surface area (Å²) in [6.07, 6.45) is 5.62. The van der Waals surface area contributed by atoms with Gasteiger partial charge in [-0.2, -0.15) is 0 Å². The summed E-state index contributed by atoms with van der Waals surface area (Å²) in [6.45, 7) is 5.04. The van der Waals surface area contributed by atoms with Gasteiger partial charge < -0.3 is 10.6 Å². The third-order valence-electron chi connectivity index (χ3n) is 5.51. The molecule has 1 amide bonds. The van der Waals surface area contributed by atoms with E-state index in [4.69, 9.17) is 0 Å². The Kier molecular flexibility index (Phi) is 6.00. The van der Waals surface area contributed by atoms with Crippen molar-refractivity contribution in [2.45, 2.75) is 32.7 Å². The van der Waals surface area contributed by atoms with Crippen LogP contribution < -0.4 is 10.6 Å². The number of nitrogens with zero attached hydrogens (tertiary/aromatic N) is 3.